The molecule has 1 saturated heterocycles. The van der Waals surface area contributed by atoms with Crippen molar-refractivity contribution in [2.45, 2.75) is 31.7 Å². The van der Waals surface area contributed by atoms with Crippen LogP contribution in [0.15, 0.2) is 0 Å². The first-order valence-electron chi connectivity index (χ1n) is 6.46. The van der Waals surface area contributed by atoms with Crippen molar-refractivity contribution in [3.8, 4) is 0 Å². The number of amides is 1. The number of carboxylic acid groups (broad SMARTS) is 1. The molecule has 0 aromatic carbocycles. The van der Waals surface area contributed by atoms with Gasteiger partial charge in [-0.15, -0.1) is 0 Å². The van der Waals surface area contributed by atoms with Crippen molar-refractivity contribution in [3.63, 3.8) is 0 Å². The Hall–Kier alpha value is -1.14. The van der Waals surface area contributed by atoms with Crippen LogP contribution in [-0.2, 0) is 14.3 Å². The summed E-state index contributed by atoms with van der Waals surface area (Å²) < 4.78 is 5.21. The number of carbonyl (C=O) groups is 2. The number of hydrogen-bond donors (Lipinski definition) is 3. The second kappa shape index (κ2) is 5.67. The number of rotatable bonds is 4. The third kappa shape index (κ3) is 2.81. The molecule has 2 rings (SSSR count). The molecule has 1 unspecified atom stereocenters. The standard InChI is InChI=1S/C12H20N2O4/c15-10(9-7-18-6-5-13-9)14-8-12(11(16)17)3-1-2-4-12/h9,13H,1-8H2,(H,14,15)(H,16,17). The fraction of sp³-hybridized carbons (Fsp3) is 0.833. The lowest BCUT2D eigenvalue weighted by atomic mass is 9.86. The van der Waals surface area contributed by atoms with E-state index >= 15 is 0 Å². The van der Waals surface area contributed by atoms with Crippen LogP contribution in [0.25, 0.3) is 0 Å². The molecule has 0 spiro atoms. The number of carboxylic acids is 1. The first-order valence-corrected chi connectivity index (χ1v) is 6.46. The first kappa shape index (κ1) is 13.3. The summed E-state index contributed by atoms with van der Waals surface area (Å²) in [7, 11) is 0. The van der Waals surface area contributed by atoms with Gasteiger partial charge in [0.15, 0.2) is 0 Å². The molecule has 1 aliphatic heterocycles. The Balaban J connectivity index is 1.85. The minimum Gasteiger partial charge on any atom is -0.481 e. The second-order valence-electron chi connectivity index (χ2n) is 5.09. The van der Waals surface area contributed by atoms with E-state index in [2.05, 4.69) is 10.6 Å². The molecule has 0 aromatic heterocycles. The van der Waals surface area contributed by atoms with Gasteiger partial charge in [-0.2, -0.15) is 0 Å². The van der Waals surface area contributed by atoms with Crippen molar-refractivity contribution in [2.75, 3.05) is 26.3 Å². The lowest BCUT2D eigenvalue weighted by Gasteiger charge is -2.27. The summed E-state index contributed by atoms with van der Waals surface area (Å²) in [5, 5.41) is 15.1. The van der Waals surface area contributed by atoms with Gasteiger partial charge in [0.2, 0.25) is 5.91 Å². The highest BCUT2D eigenvalue weighted by molar-refractivity contribution is 5.83. The van der Waals surface area contributed by atoms with E-state index in [1.165, 1.54) is 0 Å². The topological polar surface area (TPSA) is 87.7 Å². The zero-order valence-electron chi connectivity index (χ0n) is 10.4. The Kier molecular flexibility index (Phi) is 4.19. The summed E-state index contributed by atoms with van der Waals surface area (Å²) in [4.78, 5) is 23.2. The predicted octanol–water partition coefficient (Wildman–Crippen LogP) is -0.264. The van der Waals surface area contributed by atoms with Crippen molar-refractivity contribution in [1.29, 1.82) is 0 Å². The fourth-order valence-electron chi connectivity index (χ4n) is 2.63. The highest BCUT2D eigenvalue weighted by atomic mass is 16.5. The quantitative estimate of drug-likeness (QED) is 0.645. The molecule has 6 nitrogen and oxygen atoms in total. The Morgan fingerprint density at radius 3 is 2.67 bits per heavy atom. The number of nitrogens with one attached hydrogen (secondary N) is 2. The van der Waals surface area contributed by atoms with Crippen molar-refractivity contribution in [1.82, 2.24) is 10.6 Å². The zero-order valence-corrected chi connectivity index (χ0v) is 10.4. The van der Waals surface area contributed by atoms with Crippen molar-refractivity contribution in [3.05, 3.63) is 0 Å². The van der Waals surface area contributed by atoms with Crippen molar-refractivity contribution >= 4 is 11.9 Å². The molecule has 102 valence electrons. The molecule has 0 radical (unpaired) electrons. The van der Waals surface area contributed by atoms with Gasteiger partial charge < -0.3 is 20.5 Å². The molecule has 1 aliphatic carbocycles. The minimum absolute atomic E-state index is 0.165. The maximum Gasteiger partial charge on any atom is 0.311 e. The van der Waals surface area contributed by atoms with Crippen LogP contribution < -0.4 is 10.6 Å². The summed E-state index contributed by atoms with van der Waals surface area (Å²) in [6.07, 6.45) is 3.15. The molecule has 0 aromatic rings. The van der Waals surface area contributed by atoms with Crippen LogP contribution in [0.5, 0.6) is 0 Å². The highest BCUT2D eigenvalue weighted by Gasteiger charge is 2.41. The lowest BCUT2D eigenvalue weighted by Crippen LogP contribution is -2.53. The molecule has 2 fully saturated rings. The van der Waals surface area contributed by atoms with Gasteiger partial charge >= 0.3 is 5.97 Å². The molecule has 3 N–H and O–H groups in total. The maximum atomic E-state index is 11.9. The van der Waals surface area contributed by atoms with Gasteiger partial charge in [-0.3, -0.25) is 9.59 Å². The van der Waals surface area contributed by atoms with E-state index < -0.39 is 11.4 Å². The Morgan fingerprint density at radius 1 is 1.39 bits per heavy atom. The monoisotopic (exact) mass is 256 g/mol. The third-order valence-electron chi connectivity index (χ3n) is 3.85. The summed E-state index contributed by atoms with van der Waals surface area (Å²) in [6.45, 7) is 1.84. The Morgan fingerprint density at radius 2 is 2.11 bits per heavy atom. The van der Waals surface area contributed by atoms with E-state index in [1.807, 2.05) is 0 Å². The molecule has 1 saturated carbocycles. The Bertz CT molecular complexity index is 320. The number of ether oxygens (including phenoxy) is 1. The van der Waals surface area contributed by atoms with Crippen LogP contribution >= 0.6 is 0 Å². The summed E-state index contributed by atoms with van der Waals surface area (Å²) in [5.74, 6) is -0.963. The van der Waals surface area contributed by atoms with E-state index in [9.17, 15) is 14.7 Å². The molecule has 0 bridgehead atoms. The average molecular weight is 256 g/mol. The molecule has 2 aliphatic rings. The van der Waals surface area contributed by atoms with Gasteiger partial charge in [-0.25, -0.2) is 0 Å². The maximum absolute atomic E-state index is 11.9. The lowest BCUT2D eigenvalue weighted by molar-refractivity contribution is -0.148. The molecule has 1 amide bonds. The summed E-state index contributed by atoms with van der Waals surface area (Å²) >= 11 is 0. The van der Waals surface area contributed by atoms with E-state index in [0.717, 1.165) is 12.8 Å². The van der Waals surface area contributed by atoms with Crippen molar-refractivity contribution < 1.29 is 19.4 Å². The molecular formula is C12H20N2O4. The van der Waals surface area contributed by atoms with Crippen LogP contribution in [0.3, 0.4) is 0 Å². The van der Waals surface area contributed by atoms with Crippen LogP contribution in [0.1, 0.15) is 25.7 Å². The Labute approximate surface area is 106 Å². The van der Waals surface area contributed by atoms with E-state index in [1.54, 1.807) is 0 Å². The van der Waals surface area contributed by atoms with Gasteiger partial charge in [0, 0.05) is 13.1 Å². The summed E-state index contributed by atoms with van der Waals surface area (Å²) in [5.41, 5.74) is -0.759. The number of morpholine rings is 1. The molecule has 6 heteroatoms. The minimum atomic E-state index is -0.798. The SMILES string of the molecule is O=C(NCC1(C(=O)O)CCCC1)C1COCCN1. The fourth-order valence-corrected chi connectivity index (χ4v) is 2.63. The number of aliphatic carboxylic acids is 1. The smallest absolute Gasteiger partial charge is 0.311 e. The van der Waals surface area contributed by atoms with Gasteiger partial charge in [0.05, 0.1) is 18.6 Å². The second-order valence-corrected chi connectivity index (χ2v) is 5.09. The summed E-state index contributed by atoms with van der Waals surface area (Å²) in [6, 6.07) is -0.356. The highest BCUT2D eigenvalue weighted by Crippen LogP contribution is 2.37. The van der Waals surface area contributed by atoms with Crippen LogP contribution in [-0.4, -0.2) is 49.3 Å². The average Bonchev–Trinajstić information content (AvgIpc) is 2.87. The van der Waals surface area contributed by atoms with E-state index in [-0.39, 0.29) is 18.5 Å². The normalized spacial score (nSPS) is 26.8. The molecule has 1 atom stereocenters. The third-order valence-corrected chi connectivity index (χ3v) is 3.85. The largest absolute Gasteiger partial charge is 0.481 e. The van der Waals surface area contributed by atoms with Gasteiger partial charge in [0.25, 0.3) is 0 Å². The molecule has 1 heterocycles. The van der Waals surface area contributed by atoms with Gasteiger partial charge in [-0.1, -0.05) is 12.8 Å². The predicted molar refractivity (Wildman–Crippen MR) is 64.2 cm³/mol. The van der Waals surface area contributed by atoms with Crippen LogP contribution in [0, 0.1) is 5.41 Å². The zero-order chi connectivity index (χ0) is 13.0. The first-order chi connectivity index (χ1) is 8.64. The molecule has 18 heavy (non-hydrogen) atoms. The van der Waals surface area contributed by atoms with Crippen molar-refractivity contribution in [2.24, 2.45) is 5.41 Å². The van der Waals surface area contributed by atoms with Gasteiger partial charge in [0.1, 0.15) is 6.04 Å². The number of hydrogen-bond acceptors (Lipinski definition) is 4. The van der Waals surface area contributed by atoms with Crippen LogP contribution in [0.4, 0.5) is 0 Å². The molecular weight excluding hydrogens is 236 g/mol. The van der Waals surface area contributed by atoms with E-state index in [0.29, 0.717) is 32.6 Å². The van der Waals surface area contributed by atoms with Crippen LogP contribution in [0.2, 0.25) is 0 Å². The number of carbonyl (C=O) groups excluding carboxylic acids is 1. The van der Waals surface area contributed by atoms with E-state index in [4.69, 9.17) is 4.74 Å². The van der Waals surface area contributed by atoms with Gasteiger partial charge in [-0.05, 0) is 12.8 Å².